The van der Waals surface area contributed by atoms with Crippen LogP contribution in [0.1, 0.15) is 60.1 Å². The van der Waals surface area contributed by atoms with Gasteiger partial charge in [-0.2, -0.15) is 14.7 Å². The van der Waals surface area contributed by atoms with Crippen LogP contribution < -0.4 is 16.6 Å². The van der Waals surface area contributed by atoms with Crippen molar-refractivity contribution in [2.45, 2.75) is 63.7 Å². The normalized spacial score (nSPS) is 23.3. The number of hydrogen-bond donors (Lipinski definition) is 3. The first-order chi connectivity index (χ1) is 19.8. The molecule has 13 heteroatoms. The molecule has 7 heterocycles. The molecule has 0 aliphatic carbocycles. The van der Waals surface area contributed by atoms with Crippen molar-refractivity contribution in [2.24, 2.45) is 12.0 Å². The quantitative estimate of drug-likeness (QED) is 0.314. The highest BCUT2D eigenvalue weighted by Crippen LogP contribution is 2.45. The Hall–Kier alpha value is -4.65. The Balaban J connectivity index is 1.26. The van der Waals surface area contributed by atoms with Gasteiger partial charge in [0.15, 0.2) is 17.6 Å². The van der Waals surface area contributed by atoms with Gasteiger partial charge in [0.2, 0.25) is 0 Å². The van der Waals surface area contributed by atoms with Crippen molar-refractivity contribution in [1.29, 1.82) is 0 Å². The maximum absolute atomic E-state index is 13.2. The average molecular weight is 554 g/mol. The minimum absolute atomic E-state index is 0.0185. The number of hydrazine groups is 1. The molecule has 41 heavy (non-hydrogen) atoms. The number of nitrogens with one attached hydrogen (secondary N) is 2. The molecule has 2 fully saturated rings. The molecular formula is C28H31N11O2. The lowest BCUT2D eigenvalue weighted by atomic mass is 9.85. The molecule has 2 unspecified atom stereocenters. The number of nitrogens with zero attached hydrogens (tertiary/aromatic N) is 8. The van der Waals surface area contributed by atoms with Gasteiger partial charge >= 0.3 is 0 Å². The van der Waals surface area contributed by atoms with Crippen LogP contribution in [0.3, 0.4) is 0 Å². The number of rotatable bonds is 5. The number of piperidine rings is 1. The minimum Gasteiger partial charge on any atom is -0.383 e. The van der Waals surface area contributed by atoms with Gasteiger partial charge in [-0.05, 0) is 57.2 Å². The maximum Gasteiger partial charge on any atom is 0.264 e. The van der Waals surface area contributed by atoms with Gasteiger partial charge in [-0.3, -0.25) is 19.3 Å². The van der Waals surface area contributed by atoms with Crippen molar-refractivity contribution < 1.29 is 9.59 Å². The van der Waals surface area contributed by atoms with E-state index in [0.717, 1.165) is 40.9 Å². The second-order valence-electron chi connectivity index (χ2n) is 11.1. The summed E-state index contributed by atoms with van der Waals surface area (Å²) in [6.45, 7) is 3.52. The lowest BCUT2D eigenvalue weighted by Crippen LogP contribution is -2.53. The van der Waals surface area contributed by atoms with E-state index in [0.29, 0.717) is 29.7 Å². The summed E-state index contributed by atoms with van der Waals surface area (Å²) in [5, 5.41) is 8.99. The van der Waals surface area contributed by atoms with E-state index in [1.807, 2.05) is 37.2 Å². The van der Waals surface area contributed by atoms with E-state index in [1.165, 1.54) is 13.3 Å². The summed E-state index contributed by atoms with van der Waals surface area (Å²) >= 11 is 0. The molecule has 0 spiro atoms. The molecule has 2 saturated heterocycles. The number of anilines is 1. The van der Waals surface area contributed by atoms with Gasteiger partial charge in [-0.15, -0.1) is 0 Å². The largest absolute Gasteiger partial charge is 0.383 e. The number of nitrogens with two attached hydrogens (primary N) is 1. The molecule has 4 aromatic rings. The Labute approximate surface area is 235 Å². The highest BCUT2D eigenvalue weighted by Gasteiger charge is 2.46. The summed E-state index contributed by atoms with van der Waals surface area (Å²) < 4.78 is 3.29. The monoisotopic (exact) mass is 553 g/mol. The van der Waals surface area contributed by atoms with E-state index in [-0.39, 0.29) is 35.5 Å². The molecule has 4 atom stereocenters. The molecule has 3 aliphatic rings. The van der Waals surface area contributed by atoms with Crippen LogP contribution in [-0.4, -0.2) is 70.5 Å². The van der Waals surface area contributed by atoms with Gasteiger partial charge in [0.1, 0.15) is 11.5 Å². The summed E-state index contributed by atoms with van der Waals surface area (Å²) in [5.74, 6) is 0.0830. The number of aromatic nitrogens is 6. The van der Waals surface area contributed by atoms with Crippen LogP contribution in [0.2, 0.25) is 0 Å². The second-order valence-corrected chi connectivity index (χ2v) is 11.1. The molecule has 1 amide bonds. The van der Waals surface area contributed by atoms with Crippen molar-refractivity contribution in [1.82, 2.24) is 45.1 Å². The molecule has 4 N–H and O–H groups in total. The number of Topliss-reactive ketones (excluding diaryl/α,β-unsaturated/α-hetero) is 1. The van der Waals surface area contributed by atoms with E-state index in [9.17, 15) is 9.59 Å². The van der Waals surface area contributed by atoms with Crippen LogP contribution in [0, 0.1) is 6.92 Å². The summed E-state index contributed by atoms with van der Waals surface area (Å²) in [6.07, 6.45) is 9.54. The van der Waals surface area contributed by atoms with Crippen LogP contribution in [-0.2, 0) is 11.8 Å². The Morgan fingerprint density at radius 3 is 2.56 bits per heavy atom. The molecule has 0 aromatic carbocycles. The van der Waals surface area contributed by atoms with E-state index in [4.69, 9.17) is 15.7 Å². The summed E-state index contributed by atoms with van der Waals surface area (Å²) in [4.78, 5) is 42.1. The first-order valence-electron chi connectivity index (χ1n) is 13.8. The predicted molar refractivity (Wildman–Crippen MR) is 152 cm³/mol. The zero-order chi connectivity index (χ0) is 28.4. The fourth-order valence-electron chi connectivity index (χ4n) is 6.72. The SMILES string of the molecule is CC(=O)c1c(C2C[C@H]3CC[C@@H](C2)N3C(=O)C2N=CNN2)nc2c(-c3cnc(-c4ccn(C)n4)c(C)c3)cnn2c1N. The molecular weight excluding hydrogens is 522 g/mol. The van der Waals surface area contributed by atoms with Gasteiger partial charge in [0, 0.05) is 48.6 Å². The molecule has 210 valence electrons. The summed E-state index contributed by atoms with van der Waals surface area (Å²) in [5.41, 5.74) is 18.2. The van der Waals surface area contributed by atoms with Crippen molar-refractivity contribution in [2.75, 3.05) is 5.73 Å². The lowest BCUT2D eigenvalue weighted by Gasteiger charge is -2.40. The van der Waals surface area contributed by atoms with Gasteiger partial charge in [0.05, 0.1) is 29.5 Å². The number of hydrogen-bond acceptors (Lipinski definition) is 10. The van der Waals surface area contributed by atoms with E-state index in [2.05, 4.69) is 26.0 Å². The van der Waals surface area contributed by atoms with Crippen molar-refractivity contribution in [3.05, 3.63) is 47.5 Å². The fourth-order valence-corrected chi connectivity index (χ4v) is 6.72. The Kier molecular flexibility index (Phi) is 5.85. The highest BCUT2D eigenvalue weighted by atomic mass is 16.2. The summed E-state index contributed by atoms with van der Waals surface area (Å²) in [6, 6.07) is 4.09. The van der Waals surface area contributed by atoms with Crippen LogP contribution in [0.15, 0.2) is 35.7 Å². The van der Waals surface area contributed by atoms with Gasteiger partial charge in [-0.1, -0.05) is 0 Å². The molecule has 4 aromatic heterocycles. The molecule has 0 radical (unpaired) electrons. The standard InChI is InChI=1S/C28H31N11O2/c1-14-8-17(11-30-23(14)21-6-7-37(3)36-21)20-12-33-39-25(29)22(15(2)40)24(34-27(20)39)16-9-18-4-5-19(10-16)38(18)28(41)26-31-13-32-35-26/h6-8,11-13,16,18-19,26,35H,4-5,9-10,29H2,1-3H3,(H,31,32)/t16?,18-,19+,26?. The number of pyridine rings is 1. The Bertz CT molecular complexity index is 1720. The first kappa shape index (κ1) is 25.3. The molecule has 2 bridgehead atoms. The number of carbonyl (C=O) groups excluding carboxylic acids is 2. The minimum atomic E-state index is -0.608. The molecule has 3 aliphatic heterocycles. The zero-order valence-electron chi connectivity index (χ0n) is 23.1. The number of aliphatic imine (C=N–C) groups is 1. The third kappa shape index (κ3) is 4.06. The number of amides is 1. The molecule has 13 nitrogen and oxygen atoms in total. The number of fused-ring (bicyclic) bond motifs is 3. The third-order valence-electron chi connectivity index (χ3n) is 8.52. The van der Waals surface area contributed by atoms with Gasteiger partial charge in [0.25, 0.3) is 5.91 Å². The maximum atomic E-state index is 13.2. The topological polar surface area (TPSA) is 161 Å². The van der Waals surface area contributed by atoms with E-state index in [1.54, 1.807) is 21.6 Å². The number of nitrogen functional groups attached to an aromatic ring is 1. The zero-order valence-corrected chi connectivity index (χ0v) is 23.1. The van der Waals surface area contributed by atoms with E-state index < -0.39 is 6.17 Å². The van der Waals surface area contributed by atoms with Crippen LogP contribution in [0.4, 0.5) is 5.82 Å². The number of ketones is 1. The average Bonchev–Trinajstić information content (AvgIpc) is 3.75. The number of carbonyl (C=O) groups is 2. The van der Waals surface area contributed by atoms with E-state index >= 15 is 0 Å². The van der Waals surface area contributed by atoms with Crippen LogP contribution in [0.5, 0.6) is 0 Å². The Morgan fingerprint density at radius 1 is 1.15 bits per heavy atom. The lowest BCUT2D eigenvalue weighted by molar-refractivity contribution is -0.137. The van der Waals surface area contributed by atoms with Crippen molar-refractivity contribution in [3.8, 4) is 22.5 Å². The molecule has 0 saturated carbocycles. The molecule has 7 rings (SSSR count). The first-order valence-corrected chi connectivity index (χ1v) is 13.8. The second kappa shape index (κ2) is 9.47. The highest BCUT2D eigenvalue weighted by molar-refractivity contribution is 6.00. The fraction of sp³-hybridized carbons (Fsp3) is 0.393. The van der Waals surface area contributed by atoms with Crippen LogP contribution in [0.25, 0.3) is 28.2 Å². The Morgan fingerprint density at radius 2 is 1.93 bits per heavy atom. The smallest absolute Gasteiger partial charge is 0.264 e. The summed E-state index contributed by atoms with van der Waals surface area (Å²) in [7, 11) is 1.88. The van der Waals surface area contributed by atoms with Gasteiger partial charge < -0.3 is 16.1 Å². The third-order valence-corrected chi connectivity index (χ3v) is 8.52. The predicted octanol–water partition coefficient (Wildman–Crippen LogP) is 1.98. The van der Waals surface area contributed by atoms with Gasteiger partial charge in [-0.25, -0.2) is 15.4 Å². The van der Waals surface area contributed by atoms with Crippen LogP contribution >= 0.6 is 0 Å². The number of aryl methyl sites for hydroxylation is 2. The van der Waals surface area contributed by atoms with Crippen molar-refractivity contribution in [3.63, 3.8) is 0 Å². The van der Waals surface area contributed by atoms with Crippen molar-refractivity contribution >= 4 is 29.5 Å².